The van der Waals surface area contributed by atoms with Gasteiger partial charge in [0.2, 0.25) is 0 Å². The minimum absolute atomic E-state index is 0.177. The number of nitrogens with zero attached hydrogens (tertiary/aromatic N) is 1. The van der Waals surface area contributed by atoms with Crippen LogP contribution in [-0.2, 0) is 4.79 Å². The number of likely N-dealkylation sites (N-methyl/N-ethyl adjacent to an activating group) is 1. The molecular weight excluding hydrogens is 166 g/mol. The smallest absolute Gasteiger partial charge is 0.317 e. The van der Waals surface area contributed by atoms with Crippen LogP contribution < -0.4 is 0 Å². The summed E-state index contributed by atoms with van der Waals surface area (Å²) in [5.74, 6) is 0.0106. The molecule has 0 saturated heterocycles. The lowest BCUT2D eigenvalue weighted by atomic mass is 9.89. The Morgan fingerprint density at radius 1 is 1.38 bits per heavy atom. The van der Waals surface area contributed by atoms with E-state index < -0.39 is 5.97 Å². The quantitative estimate of drug-likeness (QED) is 0.723. The van der Waals surface area contributed by atoms with Crippen LogP contribution in [0.15, 0.2) is 0 Å². The fourth-order valence-electron chi connectivity index (χ4n) is 2.11. The summed E-state index contributed by atoms with van der Waals surface area (Å²) in [4.78, 5) is 12.3. The monoisotopic (exact) mass is 185 g/mol. The molecule has 0 unspecified atom stereocenters. The number of carbonyl (C=O) groups is 1. The van der Waals surface area contributed by atoms with E-state index in [4.69, 9.17) is 5.11 Å². The van der Waals surface area contributed by atoms with Crippen LogP contribution in [0.1, 0.15) is 32.1 Å². The molecule has 0 aromatic carbocycles. The van der Waals surface area contributed by atoms with Crippen molar-refractivity contribution in [3.8, 4) is 0 Å². The molecule has 1 aliphatic carbocycles. The van der Waals surface area contributed by atoms with Gasteiger partial charge in [0.15, 0.2) is 0 Å². The maximum Gasteiger partial charge on any atom is 0.317 e. The van der Waals surface area contributed by atoms with E-state index in [0.717, 1.165) is 12.5 Å². The van der Waals surface area contributed by atoms with E-state index in [9.17, 15) is 4.79 Å². The van der Waals surface area contributed by atoms with Crippen LogP contribution in [0.25, 0.3) is 0 Å². The first-order valence-electron chi connectivity index (χ1n) is 5.09. The topological polar surface area (TPSA) is 40.5 Å². The van der Waals surface area contributed by atoms with Gasteiger partial charge in [0, 0.05) is 6.54 Å². The lowest BCUT2D eigenvalue weighted by Gasteiger charge is -2.25. The van der Waals surface area contributed by atoms with Crippen LogP contribution in [0.5, 0.6) is 0 Å². The van der Waals surface area contributed by atoms with Gasteiger partial charge in [-0.25, -0.2) is 0 Å². The minimum atomic E-state index is -0.724. The van der Waals surface area contributed by atoms with Crippen LogP contribution in [-0.4, -0.2) is 36.1 Å². The molecule has 0 amide bonds. The average molecular weight is 185 g/mol. The Morgan fingerprint density at radius 2 is 2.00 bits per heavy atom. The second-order valence-corrected chi connectivity index (χ2v) is 4.09. The number of carboxylic acids is 1. The zero-order chi connectivity index (χ0) is 9.68. The number of carboxylic acid groups (broad SMARTS) is 1. The standard InChI is InChI=1S/C10H19NO2/c1-11(8-10(12)13)7-9-5-3-2-4-6-9/h9H,2-8H2,1H3,(H,12,13). The molecule has 1 aliphatic rings. The number of aliphatic carboxylic acids is 1. The predicted molar refractivity (Wildman–Crippen MR) is 51.7 cm³/mol. The molecular formula is C10H19NO2. The molecule has 3 heteroatoms. The van der Waals surface area contributed by atoms with E-state index in [-0.39, 0.29) is 6.54 Å². The Labute approximate surface area is 79.7 Å². The Morgan fingerprint density at radius 3 is 2.54 bits per heavy atom. The highest BCUT2D eigenvalue weighted by atomic mass is 16.4. The summed E-state index contributed by atoms with van der Waals surface area (Å²) < 4.78 is 0. The van der Waals surface area contributed by atoms with Gasteiger partial charge in [-0.15, -0.1) is 0 Å². The maximum atomic E-state index is 10.4. The van der Waals surface area contributed by atoms with Gasteiger partial charge in [-0.2, -0.15) is 0 Å². The molecule has 0 aromatic rings. The van der Waals surface area contributed by atoms with Crippen molar-refractivity contribution in [1.29, 1.82) is 0 Å². The number of hydrogen-bond donors (Lipinski definition) is 1. The van der Waals surface area contributed by atoms with Gasteiger partial charge >= 0.3 is 5.97 Å². The average Bonchev–Trinajstić information content (AvgIpc) is 2.04. The summed E-state index contributed by atoms with van der Waals surface area (Å²) in [5.41, 5.74) is 0. The fourth-order valence-corrected chi connectivity index (χ4v) is 2.11. The Kier molecular flexibility index (Phi) is 4.22. The zero-order valence-electron chi connectivity index (χ0n) is 8.33. The van der Waals surface area contributed by atoms with Gasteiger partial charge in [0.25, 0.3) is 0 Å². The van der Waals surface area contributed by atoms with E-state index >= 15 is 0 Å². The molecule has 0 heterocycles. The highest BCUT2D eigenvalue weighted by molar-refractivity contribution is 5.68. The molecule has 1 fully saturated rings. The second-order valence-electron chi connectivity index (χ2n) is 4.09. The highest BCUT2D eigenvalue weighted by Crippen LogP contribution is 2.23. The van der Waals surface area contributed by atoms with Gasteiger partial charge in [0.05, 0.1) is 6.54 Å². The van der Waals surface area contributed by atoms with Crippen molar-refractivity contribution >= 4 is 5.97 Å². The third-order valence-corrected chi connectivity index (χ3v) is 2.70. The van der Waals surface area contributed by atoms with Gasteiger partial charge in [-0.1, -0.05) is 19.3 Å². The third-order valence-electron chi connectivity index (χ3n) is 2.70. The summed E-state index contributed by atoms with van der Waals surface area (Å²) in [7, 11) is 1.89. The Bertz CT molecular complexity index is 164. The minimum Gasteiger partial charge on any atom is -0.480 e. The molecule has 1 N–H and O–H groups in total. The Hall–Kier alpha value is -0.570. The fraction of sp³-hybridized carbons (Fsp3) is 0.900. The first kappa shape index (κ1) is 10.5. The van der Waals surface area contributed by atoms with Crippen LogP contribution in [0.2, 0.25) is 0 Å². The third kappa shape index (κ3) is 4.27. The first-order valence-corrected chi connectivity index (χ1v) is 5.09. The molecule has 0 aliphatic heterocycles. The number of rotatable bonds is 4. The van der Waals surface area contributed by atoms with Crippen molar-refractivity contribution in [2.24, 2.45) is 5.92 Å². The molecule has 0 aromatic heterocycles. The maximum absolute atomic E-state index is 10.4. The van der Waals surface area contributed by atoms with Crippen molar-refractivity contribution in [3.05, 3.63) is 0 Å². The van der Waals surface area contributed by atoms with E-state index in [0.29, 0.717) is 0 Å². The lowest BCUT2D eigenvalue weighted by Crippen LogP contribution is -2.31. The van der Waals surface area contributed by atoms with Crippen molar-refractivity contribution < 1.29 is 9.90 Å². The molecule has 1 saturated carbocycles. The van der Waals surface area contributed by atoms with Crippen LogP contribution in [0.4, 0.5) is 0 Å². The molecule has 0 spiro atoms. The largest absolute Gasteiger partial charge is 0.480 e. The predicted octanol–water partition coefficient (Wildman–Crippen LogP) is 1.58. The van der Waals surface area contributed by atoms with E-state index in [2.05, 4.69) is 0 Å². The van der Waals surface area contributed by atoms with Gasteiger partial charge in [0.1, 0.15) is 0 Å². The Balaban J connectivity index is 2.18. The van der Waals surface area contributed by atoms with E-state index in [1.54, 1.807) is 0 Å². The highest BCUT2D eigenvalue weighted by Gasteiger charge is 2.16. The van der Waals surface area contributed by atoms with E-state index in [1.807, 2.05) is 11.9 Å². The SMILES string of the molecule is CN(CC(=O)O)CC1CCCCC1. The molecule has 0 radical (unpaired) electrons. The van der Waals surface area contributed by atoms with Crippen LogP contribution in [0.3, 0.4) is 0 Å². The van der Waals surface area contributed by atoms with Crippen molar-refractivity contribution in [3.63, 3.8) is 0 Å². The van der Waals surface area contributed by atoms with E-state index in [1.165, 1.54) is 32.1 Å². The van der Waals surface area contributed by atoms with Gasteiger partial charge < -0.3 is 5.11 Å². The number of hydrogen-bond acceptors (Lipinski definition) is 2. The summed E-state index contributed by atoms with van der Waals surface area (Å²) in [6, 6.07) is 0. The second kappa shape index (κ2) is 5.22. The van der Waals surface area contributed by atoms with Crippen molar-refractivity contribution in [2.75, 3.05) is 20.1 Å². The van der Waals surface area contributed by atoms with Crippen molar-refractivity contribution in [1.82, 2.24) is 4.90 Å². The molecule has 0 bridgehead atoms. The zero-order valence-corrected chi connectivity index (χ0v) is 8.33. The summed E-state index contributed by atoms with van der Waals surface area (Å²) in [5, 5.41) is 8.57. The molecule has 0 atom stereocenters. The lowest BCUT2D eigenvalue weighted by molar-refractivity contribution is -0.138. The van der Waals surface area contributed by atoms with Crippen LogP contribution in [0, 0.1) is 5.92 Å². The summed E-state index contributed by atoms with van der Waals surface area (Å²) in [6.07, 6.45) is 6.57. The van der Waals surface area contributed by atoms with Crippen molar-refractivity contribution in [2.45, 2.75) is 32.1 Å². The van der Waals surface area contributed by atoms with Gasteiger partial charge in [-0.05, 0) is 25.8 Å². The molecule has 3 nitrogen and oxygen atoms in total. The summed E-state index contributed by atoms with van der Waals surface area (Å²) in [6.45, 7) is 1.13. The summed E-state index contributed by atoms with van der Waals surface area (Å²) >= 11 is 0. The molecule has 1 rings (SSSR count). The molecule has 13 heavy (non-hydrogen) atoms. The molecule has 76 valence electrons. The van der Waals surface area contributed by atoms with Crippen LogP contribution >= 0.6 is 0 Å². The van der Waals surface area contributed by atoms with Gasteiger partial charge in [-0.3, -0.25) is 9.69 Å². The first-order chi connectivity index (χ1) is 6.18. The normalized spacial score (nSPS) is 19.2.